The fraction of sp³-hybridized carbons (Fsp3) is 0.211. The van der Waals surface area contributed by atoms with Gasteiger partial charge in [-0.15, -0.1) is 0 Å². The average molecular weight is 415 g/mol. The van der Waals surface area contributed by atoms with Crippen LogP contribution < -0.4 is 14.8 Å². The maximum atomic E-state index is 12.1. The minimum atomic E-state index is -3.62. The second-order valence-corrected chi connectivity index (χ2v) is 7.84. The van der Waals surface area contributed by atoms with Crippen molar-refractivity contribution in [2.75, 3.05) is 13.7 Å². The molecular weight excluding hydrogens is 394 g/mol. The van der Waals surface area contributed by atoms with Gasteiger partial charge in [-0.05, 0) is 36.4 Å². The number of hydrogen-bond acceptors (Lipinski definition) is 6. The summed E-state index contributed by atoms with van der Waals surface area (Å²) in [5, 5.41) is 9.58. The van der Waals surface area contributed by atoms with Crippen LogP contribution in [0.3, 0.4) is 0 Å². The van der Waals surface area contributed by atoms with E-state index >= 15 is 0 Å². The van der Waals surface area contributed by atoms with Crippen LogP contribution in [0.4, 0.5) is 0 Å². The number of nitrogens with zero attached hydrogens (tertiary/aromatic N) is 2. The monoisotopic (exact) mass is 415 g/mol. The van der Waals surface area contributed by atoms with Crippen LogP contribution in [0.5, 0.6) is 5.75 Å². The Morgan fingerprint density at radius 1 is 1.10 bits per heavy atom. The number of aromatic amines is 1. The highest BCUT2D eigenvalue weighted by molar-refractivity contribution is 7.89. The molecule has 1 amide bonds. The summed E-state index contributed by atoms with van der Waals surface area (Å²) in [4.78, 5) is 16.5. The van der Waals surface area contributed by atoms with Gasteiger partial charge in [0, 0.05) is 18.5 Å². The smallest absolute Gasteiger partial charge is 0.240 e. The molecule has 0 unspecified atom stereocenters. The van der Waals surface area contributed by atoms with Gasteiger partial charge >= 0.3 is 0 Å². The molecule has 0 saturated carbocycles. The van der Waals surface area contributed by atoms with Crippen molar-refractivity contribution in [2.24, 2.45) is 0 Å². The Morgan fingerprint density at radius 2 is 1.83 bits per heavy atom. The van der Waals surface area contributed by atoms with Gasteiger partial charge in [0.15, 0.2) is 5.82 Å². The number of carbonyl (C=O) groups excluding carboxylic acids is 1. The van der Waals surface area contributed by atoms with Gasteiger partial charge in [0.05, 0.1) is 18.6 Å². The highest BCUT2D eigenvalue weighted by Crippen LogP contribution is 2.18. The Labute approximate surface area is 168 Å². The minimum absolute atomic E-state index is 0.00341. The lowest BCUT2D eigenvalue weighted by Crippen LogP contribution is -2.30. The molecule has 3 rings (SSSR count). The van der Waals surface area contributed by atoms with Crippen LogP contribution in [0.1, 0.15) is 12.2 Å². The van der Waals surface area contributed by atoms with E-state index in [1.165, 1.54) is 12.1 Å². The molecule has 0 bridgehead atoms. The van der Waals surface area contributed by atoms with Crippen LogP contribution in [-0.4, -0.2) is 43.2 Å². The predicted octanol–water partition coefficient (Wildman–Crippen LogP) is 1.47. The van der Waals surface area contributed by atoms with Crippen LogP contribution in [0, 0.1) is 0 Å². The maximum Gasteiger partial charge on any atom is 0.240 e. The van der Waals surface area contributed by atoms with E-state index in [9.17, 15) is 13.2 Å². The van der Waals surface area contributed by atoms with Gasteiger partial charge in [-0.1, -0.05) is 18.2 Å². The molecule has 1 heterocycles. The number of sulfonamides is 1. The van der Waals surface area contributed by atoms with Crippen molar-refractivity contribution in [3.63, 3.8) is 0 Å². The summed E-state index contributed by atoms with van der Waals surface area (Å²) in [6.45, 7) is 0.157. The number of benzene rings is 2. The highest BCUT2D eigenvalue weighted by Gasteiger charge is 2.13. The van der Waals surface area contributed by atoms with E-state index in [0.29, 0.717) is 11.6 Å². The fourth-order valence-electron chi connectivity index (χ4n) is 2.50. The van der Waals surface area contributed by atoms with Crippen LogP contribution in [0.2, 0.25) is 0 Å². The molecule has 0 fully saturated rings. The molecule has 0 radical (unpaired) electrons. The number of nitrogens with one attached hydrogen (secondary N) is 3. The minimum Gasteiger partial charge on any atom is -0.497 e. The molecule has 3 N–H and O–H groups in total. The van der Waals surface area contributed by atoms with Gasteiger partial charge in [0.1, 0.15) is 11.6 Å². The lowest BCUT2D eigenvalue weighted by molar-refractivity contribution is -0.121. The number of rotatable bonds is 9. The maximum absolute atomic E-state index is 12.1. The van der Waals surface area contributed by atoms with Crippen molar-refractivity contribution in [2.45, 2.75) is 17.9 Å². The third-order valence-electron chi connectivity index (χ3n) is 4.03. The molecule has 29 heavy (non-hydrogen) atoms. The normalized spacial score (nSPS) is 11.2. The van der Waals surface area contributed by atoms with Crippen LogP contribution in [0.25, 0.3) is 11.4 Å². The third-order valence-corrected chi connectivity index (χ3v) is 5.51. The summed E-state index contributed by atoms with van der Waals surface area (Å²) in [7, 11) is -2.03. The Kier molecular flexibility index (Phi) is 6.57. The molecule has 0 aliphatic carbocycles. The van der Waals surface area contributed by atoms with Crippen LogP contribution in [-0.2, 0) is 21.4 Å². The fourth-order valence-corrected chi connectivity index (χ4v) is 3.55. The molecule has 3 aromatic rings. The molecule has 0 spiro atoms. The number of aromatic nitrogens is 3. The Balaban J connectivity index is 1.45. The van der Waals surface area contributed by atoms with E-state index in [4.69, 9.17) is 4.74 Å². The van der Waals surface area contributed by atoms with Crippen molar-refractivity contribution in [3.8, 4) is 17.1 Å². The number of ether oxygens (including phenoxy) is 1. The first-order chi connectivity index (χ1) is 14.0. The van der Waals surface area contributed by atoms with E-state index in [1.807, 2.05) is 24.3 Å². The second kappa shape index (κ2) is 9.30. The van der Waals surface area contributed by atoms with E-state index in [0.717, 1.165) is 11.3 Å². The van der Waals surface area contributed by atoms with Gasteiger partial charge in [0.2, 0.25) is 15.9 Å². The molecule has 0 aliphatic heterocycles. The number of H-pyrrole nitrogens is 1. The average Bonchev–Trinajstić information content (AvgIpc) is 3.22. The summed E-state index contributed by atoms with van der Waals surface area (Å²) in [6.07, 6.45) is 0.00549. The Hall–Kier alpha value is -3.24. The zero-order valence-corrected chi connectivity index (χ0v) is 16.6. The van der Waals surface area contributed by atoms with Gasteiger partial charge in [0.25, 0.3) is 0 Å². The largest absolute Gasteiger partial charge is 0.497 e. The summed E-state index contributed by atoms with van der Waals surface area (Å²) in [5.41, 5.74) is 0.815. The number of methoxy groups -OCH3 is 1. The summed E-state index contributed by atoms with van der Waals surface area (Å²) < 4.78 is 31.7. The molecule has 152 valence electrons. The van der Waals surface area contributed by atoms with E-state index < -0.39 is 10.0 Å². The number of amides is 1. The zero-order chi connectivity index (χ0) is 20.7. The van der Waals surface area contributed by atoms with E-state index in [-0.39, 0.29) is 30.3 Å². The van der Waals surface area contributed by atoms with Gasteiger partial charge < -0.3 is 10.1 Å². The molecule has 0 saturated heterocycles. The second-order valence-electron chi connectivity index (χ2n) is 6.07. The molecule has 0 atom stereocenters. The first kappa shape index (κ1) is 20.5. The Morgan fingerprint density at radius 3 is 2.52 bits per heavy atom. The van der Waals surface area contributed by atoms with Crippen molar-refractivity contribution < 1.29 is 17.9 Å². The summed E-state index contributed by atoms with van der Waals surface area (Å²) in [6, 6.07) is 15.3. The van der Waals surface area contributed by atoms with Crippen LogP contribution >= 0.6 is 0 Å². The SMILES string of the molecule is COc1ccc(-c2n[nH]c(CNC(=O)CCNS(=O)(=O)c3ccccc3)n2)cc1. The van der Waals surface area contributed by atoms with Gasteiger partial charge in [-0.25, -0.2) is 18.1 Å². The standard InChI is InChI=1S/C19H21N5O4S/c1-28-15-9-7-14(8-10-15)19-22-17(23-24-19)13-20-18(25)11-12-21-29(26,27)16-5-3-2-4-6-16/h2-10,21H,11-13H2,1H3,(H,20,25)(H,22,23,24). The molecule has 0 aliphatic rings. The topological polar surface area (TPSA) is 126 Å². The molecule has 1 aromatic heterocycles. The lowest BCUT2D eigenvalue weighted by atomic mass is 10.2. The Bertz CT molecular complexity index is 1050. The first-order valence-electron chi connectivity index (χ1n) is 8.85. The quantitative estimate of drug-likeness (QED) is 0.486. The molecule has 9 nitrogen and oxygen atoms in total. The molecule has 10 heteroatoms. The van der Waals surface area contributed by atoms with Crippen molar-refractivity contribution in [1.82, 2.24) is 25.2 Å². The molecular formula is C19H21N5O4S. The molecule has 2 aromatic carbocycles. The van der Waals surface area contributed by atoms with E-state index in [1.54, 1.807) is 25.3 Å². The van der Waals surface area contributed by atoms with Crippen molar-refractivity contribution in [1.29, 1.82) is 0 Å². The van der Waals surface area contributed by atoms with Crippen molar-refractivity contribution >= 4 is 15.9 Å². The van der Waals surface area contributed by atoms with E-state index in [2.05, 4.69) is 25.2 Å². The summed E-state index contributed by atoms with van der Waals surface area (Å²) >= 11 is 0. The van der Waals surface area contributed by atoms with Gasteiger partial charge in [-0.2, -0.15) is 5.10 Å². The highest BCUT2D eigenvalue weighted by atomic mass is 32.2. The first-order valence-corrected chi connectivity index (χ1v) is 10.3. The summed E-state index contributed by atoms with van der Waals surface area (Å²) in [5.74, 6) is 1.43. The predicted molar refractivity (Wildman–Crippen MR) is 106 cm³/mol. The van der Waals surface area contributed by atoms with Gasteiger partial charge in [-0.3, -0.25) is 9.89 Å². The zero-order valence-electron chi connectivity index (χ0n) is 15.8. The number of hydrogen-bond donors (Lipinski definition) is 3. The van der Waals surface area contributed by atoms with Crippen LogP contribution in [0.15, 0.2) is 59.5 Å². The number of carbonyl (C=O) groups is 1. The van der Waals surface area contributed by atoms with Crippen molar-refractivity contribution in [3.05, 3.63) is 60.4 Å². The lowest BCUT2D eigenvalue weighted by Gasteiger charge is -2.06. The third kappa shape index (κ3) is 5.62.